The average Bonchev–Trinajstić information content (AvgIpc) is 3.01. The molecule has 0 aliphatic carbocycles. The van der Waals surface area contributed by atoms with Gasteiger partial charge in [0.1, 0.15) is 12.4 Å². The highest BCUT2D eigenvalue weighted by Crippen LogP contribution is 2.18. The van der Waals surface area contributed by atoms with Gasteiger partial charge in [-0.15, -0.1) is 0 Å². The highest BCUT2D eigenvalue weighted by Gasteiger charge is 2.08. The summed E-state index contributed by atoms with van der Waals surface area (Å²) in [5.41, 5.74) is 5.32. The molecule has 1 aromatic heterocycles. The van der Waals surface area contributed by atoms with Gasteiger partial charge in [0.25, 0.3) is 0 Å². The van der Waals surface area contributed by atoms with Crippen molar-refractivity contribution in [2.75, 3.05) is 6.54 Å². The van der Waals surface area contributed by atoms with Gasteiger partial charge in [0.15, 0.2) is 0 Å². The summed E-state index contributed by atoms with van der Waals surface area (Å²) in [6, 6.07) is 22.1. The molecule has 31 heavy (non-hydrogen) atoms. The Labute approximate surface area is 186 Å². The second-order valence-electron chi connectivity index (χ2n) is 7.71. The Morgan fingerprint density at radius 2 is 1.48 bits per heavy atom. The number of nitrogens with zero attached hydrogens (tertiary/aromatic N) is 2. The van der Waals surface area contributed by atoms with Crippen LogP contribution in [0.25, 0.3) is 11.0 Å². The Kier molecular flexibility index (Phi) is 6.44. The molecule has 4 aromatic rings. The monoisotopic (exact) mass is 435 g/mol. The molecule has 0 saturated heterocycles. The van der Waals surface area contributed by atoms with Crippen molar-refractivity contribution in [2.45, 2.75) is 19.6 Å². The Bertz CT molecular complexity index is 1220. The number of fused-ring (bicyclic) bond motifs is 1. The van der Waals surface area contributed by atoms with E-state index in [4.69, 9.17) is 16.3 Å². The van der Waals surface area contributed by atoms with E-state index >= 15 is 0 Å². The molecule has 0 amide bonds. The SMILES string of the molecule is Cn1c(=O)n(C)c2cc(COc3ccc(CNCCc4ccc(Cl)cc4)cc3)ccc21. The maximum absolute atomic E-state index is 12.1. The smallest absolute Gasteiger partial charge is 0.328 e. The molecule has 0 bridgehead atoms. The van der Waals surface area contributed by atoms with Crippen molar-refractivity contribution in [3.05, 3.63) is 98.9 Å². The third-order valence-electron chi connectivity index (χ3n) is 5.50. The molecule has 0 aliphatic heterocycles. The number of aryl methyl sites for hydroxylation is 2. The van der Waals surface area contributed by atoms with Gasteiger partial charge in [-0.2, -0.15) is 0 Å². The van der Waals surface area contributed by atoms with Gasteiger partial charge in [0.2, 0.25) is 0 Å². The molecule has 0 unspecified atom stereocenters. The predicted octanol–water partition coefficient (Wildman–Crippen LogP) is 4.44. The van der Waals surface area contributed by atoms with Gasteiger partial charge in [0.05, 0.1) is 11.0 Å². The van der Waals surface area contributed by atoms with Crippen molar-refractivity contribution in [1.82, 2.24) is 14.5 Å². The zero-order valence-electron chi connectivity index (χ0n) is 17.8. The minimum Gasteiger partial charge on any atom is -0.489 e. The number of benzene rings is 3. The van der Waals surface area contributed by atoms with Gasteiger partial charge >= 0.3 is 5.69 Å². The number of imidazole rings is 1. The fourth-order valence-corrected chi connectivity index (χ4v) is 3.75. The number of nitrogens with one attached hydrogen (secondary N) is 1. The van der Waals surface area contributed by atoms with E-state index in [-0.39, 0.29) is 5.69 Å². The molecular weight excluding hydrogens is 410 g/mol. The van der Waals surface area contributed by atoms with Crippen molar-refractivity contribution < 1.29 is 4.74 Å². The normalized spacial score (nSPS) is 11.2. The molecule has 160 valence electrons. The molecular formula is C25H26ClN3O2. The molecule has 0 spiro atoms. The minimum absolute atomic E-state index is 0.0227. The van der Waals surface area contributed by atoms with Crippen LogP contribution < -0.4 is 15.7 Å². The van der Waals surface area contributed by atoms with Crippen LogP contribution in [0.3, 0.4) is 0 Å². The van der Waals surface area contributed by atoms with E-state index in [1.807, 2.05) is 42.5 Å². The first-order valence-corrected chi connectivity index (χ1v) is 10.7. The topological polar surface area (TPSA) is 48.2 Å². The lowest BCUT2D eigenvalue weighted by molar-refractivity contribution is 0.306. The fourth-order valence-electron chi connectivity index (χ4n) is 3.63. The Morgan fingerprint density at radius 1 is 0.839 bits per heavy atom. The summed E-state index contributed by atoms with van der Waals surface area (Å²) in [4.78, 5) is 12.1. The van der Waals surface area contributed by atoms with Gasteiger partial charge in [0, 0.05) is 25.7 Å². The van der Waals surface area contributed by atoms with E-state index in [1.54, 1.807) is 23.2 Å². The van der Waals surface area contributed by atoms with Crippen LogP contribution in [-0.4, -0.2) is 15.7 Å². The van der Waals surface area contributed by atoms with Crippen LogP contribution in [0.15, 0.2) is 71.5 Å². The Morgan fingerprint density at radius 3 is 2.23 bits per heavy atom. The fraction of sp³-hybridized carbons (Fsp3) is 0.240. The van der Waals surface area contributed by atoms with Gasteiger partial charge in [-0.25, -0.2) is 4.79 Å². The maximum atomic E-state index is 12.1. The summed E-state index contributed by atoms with van der Waals surface area (Å²) in [7, 11) is 3.58. The molecule has 0 radical (unpaired) electrons. The van der Waals surface area contributed by atoms with Crippen LogP contribution in [0.4, 0.5) is 0 Å². The highest BCUT2D eigenvalue weighted by molar-refractivity contribution is 6.30. The molecule has 0 atom stereocenters. The zero-order chi connectivity index (χ0) is 21.8. The van der Waals surface area contributed by atoms with Crippen molar-refractivity contribution in [2.24, 2.45) is 14.1 Å². The molecule has 6 heteroatoms. The number of aromatic nitrogens is 2. The van der Waals surface area contributed by atoms with E-state index in [9.17, 15) is 4.79 Å². The van der Waals surface area contributed by atoms with Crippen LogP contribution in [0, 0.1) is 0 Å². The minimum atomic E-state index is -0.0227. The second kappa shape index (κ2) is 9.41. The zero-order valence-corrected chi connectivity index (χ0v) is 18.5. The molecule has 0 saturated carbocycles. The number of halogens is 1. The lowest BCUT2D eigenvalue weighted by atomic mass is 10.1. The quantitative estimate of drug-likeness (QED) is 0.416. The predicted molar refractivity (Wildman–Crippen MR) is 126 cm³/mol. The van der Waals surface area contributed by atoms with Gasteiger partial charge in [-0.1, -0.05) is 41.9 Å². The number of rotatable bonds is 8. The van der Waals surface area contributed by atoms with Crippen LogP contribution in [0.2, 0.25) is 5.02 Å². The first-order chi connectivity index (χ1) is 15.0. The third kappa shape index (κ3) is 5.01. The summed E-state index contributed by atoms with van der Waals surface area (Å²) < 4.78 is 9.26. The lowest BCUT2D eigenvalue weighted by Crippen LogP contribution is -2.19. The first kappa shape index (κ1) is 21.2. The van der Waals surface area contributed by atoms with Gasteiger partial charge < -0.3 is 10.1 Å². The van der Waals surface area contributed by atoms with Crippen LogP contribution in [0.5, 0.6) is 5.75 Å². The Balaban J connectivity index is 1.27. The van der Waals surface area contributed by atoms with Crippen LogP contribution in [-0.2, 0) is 33.7 Å². The summed E-state index contributed by atoms with van der Waals surface area (Å²) in [6.45, 7) is 2.18. The summed E-state index contributed by atoms with van der Waals surface area (Å²) in [5.74, 6) is 0.826. The molecule has 0 fully saturated rings. The van der Waals surface area contributed by atoms with Crippen molar-refractivity contribution in [3.8, 4) is 5.75 Å². The Hall–Kier alpha value is -3.02. The van der Waals surface area contributed by atoms with E-state index < -0.39 is 0 Å². The number of hydrogen-bond donors (Lipinski definition) is 1. The molecule has 0 aliphatic rings. The first-order valence-electron chi connectivity index (χ1n) is 10.3. The summed E-state index contributed by atoms with van der Waals surface area (Å²) >= 11 is 5.92. The van der Waals surface area contributed by atoms with E-state index in [0.717, 1.165) is 46.9 Å². The van der Waals surface area contributed by atoms with Crippen LogP contribution in [0.1, 0.15) is 16.7 Å². The van der Waals surface area contributed by atoms with Crippen molar-refractivity contribution in [1.29, 1.82) is 0 Å². The summed E-state index contributed by atoms with van der Waals surface area (Å²) in [5, 5.41) is 4.24. The highest BCUT2D eigenvalue weighted by atomic mass is 35.5. The summed E-state index contributed by atoms with van der Waals surface area (Å²) in [6.07, 6.45) is 0.968. The van der Waals surface area contributed by atoms with E-state index in [1.165, 1.54) is 11.1 Å². The van der Waals surface area contributed by atoms with Gasteiger partial charge in [-0.05, 0) is 66.1 Å². The molecule has 1 N–H and O–H groups in total. The van der Waals surface area contributed by atoms with Gasteiger partial charge in [-0.3, -0.25) is 9.13 Å². The lowest BCUT2D eigenvalue weighted by Gasteiger charge is -2.09. The second-order valence-corrected chi connectivity index (χ2v) is 8.15. The van der Waals surface area contributed by atoms with E-state index in [0.29, 0.717) is 6.61 Å². The molecule has 3 aromatic carbocycles. The number of hydrogen-bond acceptors (Lipinski definition) is 3. The molecule has 4 rings (SSSR count). The largest absolute Gasteiger partial charge is 0.489 e. The average molecular weight is 436 g/mol. The standard InChI is InChI=1S/C25H26ClN3O2/c1-28-23-12-7-20(15-24(23)29(2)25(28)30)17-31-22-10-5-19(6-11-22)16-27-14-13-18-3-8-21(26)9-4-18/h3-12,15,27H,13-14,16-17H2,1-2H3. The van der Waals surface area contributed by atoms with E-state index in [2.05, 4.69) is 29.6 Å². The number of ether oxygens (including phenoxy) is 1. The van der Waals surface area contributed by atoms with Crippen LogP contribution >= 0.6 is 11.6 Å². The molecule has 1 heterocycles. The third-order valence-corrected chi connectivity index (χ3v) is 5.75. The maximum Gasteiger partial charge on any atom is 0.328 e. The molecule has 5 nitrogen and oxygen atoms in total. The van der Waals surface area contributed by atoms with Crippen molar-refractivity contribution in [3.63, 3.8) is 0 Å². The van der Waals surface area contributed by atoms with Crippen molar-refractivity contribution >= 4 is 22.6 Å².